The van der Waals surface area contributed by atoms with E-state index in [4.69, 9.17) is 4.74 Å². The molecule has 0 saturated heterocycles. The van der Waals surface area contributed by atoms with Gasteiger partial charge in [0.25, 0.3) is 0 Å². The molecular weight excluding hydrogens is 324 g/mol. The molecule has 1 atom stereocenters. The Hall–Kier alpha value is -1.92. The summed E-state index contributed by atoms with van der Waals surface area (Å²) in [7, 11) is -3.01. The van der Waals surface area contributed by atoms with Gasteiger partial charge in [-0.3, -0.25) is 9.88 Å². The summed E-state index contributed by atoms with van der Waals surface area (Å²) in [5.74, 6) is 1.58. The quantitative estimate of drug-likeness (QED) is 0.733. The van der Waals surface area contributed by atoms with E-state index in [9.17, 15) is 8.42 Å². The fourth-order valence-electron chi connectivity index (χ4n) is 2.61. The topological polar surface area (TPSA) is 59.5 Å². The predicted octanol–water partition coefficient (Wildman–Crippen LogP) is 3.13. The lowest BCUT2D eigenvalue weighted by molar-refractivity contribution is 0.224. The van der Waals surface area contributed by atoms with Crippen molar-refractivity contribution in [1.29, 1.82) is 0 Å². The maximum atomic E-state index is 11.6. The van der Waals surface area contributed by atoms with Crippen LogP contribution in [0.1, 0.15) is 19.4 Å². The van der Waals surface area contributed by atoms with Gasteiger partial charge in [-0.2, -0.15) is 0 Å². The Morgan fingerprint density at radius 2 is 1.96 bits per heavy atom. The van der Waals surface area contributed by atoms with Gasteiger partial charge in [0.15, 0.2) is 0 Å². The number of rotatable bonds is 8. The maximum Gasteiger partial charge on any atom is 0.148 e. The zero-order valence-electron chi connectivity index (χ0n) is 14.3. The van der Waals surface area contributed by atoms with E-state index < -0.39 is 9.84 Å². The van der Waals surface area contributed by atoms with Gasteiger partial charge in [-0.1, -0.05) is 25.1 Å². The van der Waals surface area contributed by atoms with E-state index in [0.717, 1.165) is 17.9 Å². The van der Waals surface area contributed by atoms with Crippen molar-refractivity contribution in [3.63, 3.8) is 0 Å². The van der Waals surface area contributed by atoms with Gasteiger partial charge in [-0.15, -0.1) is 0 Å². The van der Waals surface area contributed by atoms with Gasteiger partial charge < -0.3 is 4.74 Å². The lowest BCUT2D eigenvalue weighted by Crippen LogP contribution is -2.37. The van der Waals surface area contributed by atoms with Crippen molar-refractivity contribution in [3.05, 3.63) is 54.4 Å². The summed E-state index contributed by atoms with van der Waals surface area (Å²) in [6.07, 6.45) is 4.64. The second-order valence-corrected chi connectivity index (χ2v) is 8.09. The van der Waals surface area contributed by atoms with Crippen LogP contribution < -0.4 is 4.74 Å². The number of aromatic nitrogens is 1. The zero-order chi connectivity index (χ0) is 17.6. The molecule has 0 aliphatic rings. The number of sulfone groups is 1. The Balaban J connectivity index is 2.16. The van der Waals surface area contributed by atoms with Gasteiger partial charge in [0.05, 0.1) is 11.9 Å². The monoisotopic (exact) mass is 348 g/mol. The molecule has 6 heteroatoms. The standard InChI is InChI=1S/C18H24N2O3S/c1-4-20(15(2)14-24(3,21)22)13-16-8-5-6-10-18(16)23-17-9-7-11-19-12-17/h5-12,15H,4,13-14H2,1-3H3. The molecule has 0 bridgehead atoms. The average Bonchev–Trinajstić information content (AvgIpc) is 2.53. The van der Waals surface area contributed by atoms with Crippen molar-refractivity contribution in [3.8, 4) is 11.5 Å². The van der Waals surface area contributed by atoms with Crippen LogP contribution in [-0.2, 0) is 16.4 Å². The van der Waals surface area contributed by atoms with Crippen LogP contribution in [-0.4, -0.2) is 42.9 Å². The average molecular weight is 348 g/mol. The number of pyridine rings is 1. The summed E-state index contributed by atoms with van der Waals surface area (Å²) in [5, 5.41) is 0. The number of para-hydroxylation sites is 1. The van der Waals surface area contributed by atoms with Crippen LogP contribution in [0.25, 0.3) is 0 Å². The Morgan fingerprint density at radius 3 is 2.58 bits per heavy atom. The molecular formula is C18H24N2O3S. The Morgan fingerprint density at radius 1 is 1.21 bits per heavy atom. The van der Waals surface area contributed by atoms with Crippen molar-refractivity contribution >= 4 is 9.84 Å². The zero-order valence-corrected chi connectivity index (χ0v) is 15.2. The SMILES string of the molecule is CCN(Cc1ccccc1Oc1cccnc1)C(C)CS(C)(=O)=O. The second kappa shape index (κ2) is 8.26. The van der Waals surface area contributed by atoms with Gasteiger partial charge in [0, 0.05) is 30.6 Å². The van der Waals surface area contributed by atoms with Gasteiger partial charge in [-0.05, 0) is 31.7 Å². The van der Waals surface area contributed by atoms with Crippen LogP contribution in [0, 0.1) is 0 Å². The summed E-state index contributed by atoms with van der Waals surface area (Å²) >= 11 is 0. The van der Waals surface area contributed by atoms with E-state index >= 15 is 0 Å². The van der Waals surface area contributed by atoms with E-state index in [2.05, 4.69) is 9.88 Å². The van der Waals surface area contributed by atoms with Crippen molar-refractivity contribution in [2.75, 3.05) is 18.6 Å². The van der Waals surface area contributed by atoms with Crippen LogP contribution in [0.15, 0.2) is 48.8 Å². The molecule has 5 nitrogen and oxygen atoms in total. The van der Waals surface area contributed by atoms with Crippen molar-refractivity contribution in [2.45, 2.75) is 26.4 Å². The molecule has 0 amide bonds. The van der Waals surface area contributed by atoms with E-state index in [1.807, 2.05) is 50.2 Å². The second-order valence-electron chi connectivity index (χ2n) is 5.90. The highest BCUT2D eigenvalue weighted by molar-refractivity contribution is 7.90. The minimum absolute atomic E-state index is 0.0588. The van der Waals surface area contributed by atoms with Crippen LogP contribution in [0.3, 0.4) is 0 Å². The number of hydrogen-bond acceptors (Lipinski definition) is 5. The smallest absolute Gasteiger partial charge is 0.148 e. The molecule has 0 aliphatic carbocycles. The summed E-state index contributed by atoms with van der Waals surface area (Å²) in [6.45, 7) is 5.36. The Kier molecular flexibility index (Phi) is 6.34. The highest BCUT2D eigenvalue weighted by Crippen LogP contribution is 2.26. The maximum absolute atomic E-state index is 11.6. The van der Waals surface area contributed by atoms with Crippen LogP contribution in [0.2, 0.25) is 0 Å². The predicted molar refractivity (Wildman–Crippen MR) is 96.0 cm³/mol. The molecule has 2 rings (SSSR count). The van der Waals surface area contributed by atoms with Crippen molar-refractivity contribution in [2.24, 2.45) is 0 Å². The summed E-state index contributed by atoms with van der Waals surface area (Å²) in [4.78, 5) is 6.19. The molecule has 1 unspecified atom stereocenters. The summed E-state index contributed by atoms with van der Waals surface area (Å²) in [5.41, 5.74) is 1.02. The fourth-order valence-corrected chi connectivity index (χ4v) is 3.70. The van der Waals surface area contributed by atoms with Gasteiger partial charge in [0.1, 0.15) is 21.3 Å². The van der Waals surface area contributed by atoms with Gasteiger partial charge in [0.2, 0.25) is 0 Å². The van der Waals surface area contributed by atoms with Crippen molar-refractivity contribution in [1.82, 2.24) is 9.88 Å². The third kappa shape index (κ3) is 5.62. The molecule has 0 radical (unpaired) electrons. The van der Waals surface area contributed by atoms with E-state index in [1.54, 1.807) is 12.4 Å². The molecule has 1 aromatic heterocycles. The molecule has 0 fully saturated rings. The highest BCUT2D eigenvalue weighted by Gasteiger charge is 2.19. The van der Waals surface area contributed by atoms with Crippen molar-refractivity contribution < 1.29 is 13.2 Å². The van der Waals surface area contributed by atoms with Gasteiger partial charge in [-0.25, -0.2) is 8.42 Å². The first-order valence-corrected chi connectivity index (χ1v) is 10.0. The molecule has 0 N–H and O–H groups in total. The first-order chi connectivity index (χ1) is 11.4. The van der Waals surface area contributed by atoms with Crippen LogP contribution in [0.5, 0.6) is 11.5 Å². The first-order valence-electron chi connectivity index (χ1n) is 7.96. The molecule has 0 saturated carbocycles. The lowest BCUT2D eigenvalue weighted by atomic mass is 10.1. The summed E-state index contributed by atoms with van der Waals surface area (Å²) < 4.78 is 29.1. The van der Waals surface area contributed by atoms with Crippen LogP contribution >= 0.6 is 0 Å². The van der Waals surface area contributed by atoms with E-state index in [1.165, 1.54) is 6.26 Å². The molecule has 24 heavy (non-hydrogen) atoms. The number of ether oxygens (including phenoxy) is 1. The highest BCUT2D eigenvalue weighted by atomic mass is 32.2. The van der Waals surface area contributed by atoms with Crippen LogP contribution in [0.4, 0.5) is 0 Å². The minimum Gasteiger partial charge on any atom is -0.455 e. The molecule has 130 valence electrons. The third-order valence-electron chi connectivity index (χ3n) is 3.78. The number of nitrogens with zero attached hydrogens (tertiary/aromatic N) is 2. The summed E-state index contributed by atoms with van der Waals surface area (Å²) in [6, 6.07) is 11.4. The number of benzene rings is 1. The Labute approximate surface area is 144 Å². The van der Waals surface area contributed by atoms with E-state index in [0.29, 0.717) is 12.3 Å². The largest absolute Gasteiger partial charge is 0.455 e. The first kappa shape index (κ1) is 18.4. The normalized spacial score (nSPS) is 13.0. The minimum atomic E-state index is -3.01. The number of hydrogen-bond donors (Lipinski definition) is 0. The fraction of sp³-hybridized carbons (Fsp3) is 0.389. The van der Waals surface area contributed by atoms with Gasteiger partial charge >= 0.3 is 0 Å². The molecule has 1 heterocycles. The van der Waals surface area contributed by atoms with E-state index in [-0.39, 0.29) is 11.8 Å². The molecule has 0 spiro atoms. The lowest BCUT2D eigenvalue weighted by Gasteiger charge is -2.28. The Bertz CT molecular complexity index is 748. The molecule has 2 aromatic rings. The molecule has 0 aliphatic heterocycles. The molecule has 1 aromatic carbocycles. The third-order valence-corrected chi connectivity index (χ3v) is 4.87.